The summed E-state index contributed by atoms with van der Waals surface area (Å²) in [5.41, 5.74) is 3.99. The molecule has 5 rings (SSSR count). The molecule has 0 radical (unpaired) electrons. The van der Waals surface area contributed by atoms with Crippen molar-refractivity contribution in [3.63, 3.8) is 0 Å². The Kier molecular flexibility index (Phi) is 7.23. The second kappa shape index (κ2) is 10.9. The number of carbonyl (C=O) groups excluding carboxylic acids is 2. The minimum Gasteiger partial charge on any atom is -0.361 e. The van der Waals surface area contributed by atoms with Crippen molar-refractivity contribution < 1.29 is 9.59 Å². The maximum atomic E-state index is 13.6. The summed E-state index contributed by atoms with van der Waals surface area (Å²) in [5.74, 6) is -0.0585. The molecule has 0 atom stereocenters. The number of carbonyl (C=O) groups is 2. The first kappa shape index (κ1) is 23.9. The highest BCUT2D eigenvalue weighted by Gasteiger charge is 2.35. The zero-order valence-electron chi connectivity index (χ0n) is 20.0. The summed E-state index contributed by atoms with van der Waals surface area (Å²) >= 11 is 5.96. The molecule has 6 nitrogen and oxygen atoms in total. The van der Waals surface area contributed by atoms with Gasteiger partial charge in [-0.2, -0.15) is 0 Å². The molecule has 0 aliphatic heterocycles. The van der Waals surface area contributed by atoms with E-state index in [9.17, 15) is 9.59 Å². The van der Waals surface area contributed by atoms with Gasteiger partial charge in [-0.1, -0.05) is 60.1 Å². The van der Waals surface area contributed by atoms with Gasteiger partial charge in [0.2, 0.25) is 5.91 Å². The van der Waals surface area contributed by atoms with Gasteiger partial charge in [0.05, 0.1) is 0 Å². The van der Waals surface area contributed by atoms with Crippen LogP contribution in [-0.4, -0.2) is 45.9 Å². The molecule has 1 aliphatic rings. The third-order valence-electron chi connectivity index (χ3n) is 6.54. The molecular weight excluding hydrogens is 472 g/mol. The first-order valence-corrected chi connectivity index (χ1v) is 12.6. The van der Waals surface area contributed by atoms with Gasteiger partial charge in [0.15, 0.2) is 0 Å². The number of aromatic amines is 1. The highest BCUT2D eigenvalue weighted by atomic mass is 35.5. The number of para-hydroxylation sites is 1. The van der Waals surface area contributed by atoms with Gasteiger partial charge < -0.3 is 20.1 Å². The summed E-state index contributed by atoms with van der Waals surface area (Å²) < 4.78 is 0. The van der Waals surface area contributed by atoms with Crippen molar-refractivity contribution in [2.24, 2.45) is 0 Å². The van der Waals surface area contributed by atoms with Crippen LogP contribution < -0.4 is 5.32 Å². The van der Waals surface area contributed by atoms with E-state index in [-0.39, 0.29) is 24.5 Å². The predicted molar refractivity (Wildman–Crippen MR) is 144 cm³/mol. The van der Waals surface area contributed by atoms with E-state index < -0.39 is 0 Å². The molecule has 36 heavy (non-hydrogen) atoms. The van der Waals surface area contributed by atoms with Crippen LogP contribution in [0, 0.1) is 0 Å². The smallest absolute Gasteiger partial charge is 0.322 e. The maximum absolute atomic E-state index is 13.6. The molecule has 1 heterocycles. The molecule has 1 fully saturated rings. The van der Waals surface area contributed by atoms with E-state index in [2.05, 4.69) is 22.4 Å². The Morgan fingerprint density at radius 1 is 0.944 bits per heavy atom. The molecule has 4 aromatic rings. The van der Waals surface area contributed by atoms with E-state index in [1.54, 1.807) is 29.2 Å². The number of nitrogens with one attached hydrogen (secondary N) is 2. The fourth-order valence-corrected chi connectivity index (χ4v) is 4.54. The SMILES string of the molecule is O=C(CN(C(=O)Nc1ccc(Cl)cc1)C1CC1)N(CCc1c[nH]c2ccccc12)Cc1ccccc1. The van der Waals surface area contributed by atoms with Crippen molar-refractivity contribution in [3.05, 3.63) is 101 Å². The third kappa shape index (κ3) is 5.89. The molecule has 184 valence electrons. The second-order valence-electron chi connectivity index (χ2n) is 9.21. The fraction of sp³-hybridized carbons (Fsp3) is 0.241. The maximum Gasteiger partial charge on any atom is 0.322 e. The molecule has 1 saturated carbocycles. The first-order chi connectivity index (χ1) is 17.6. The number of H-pyrrole nitrogens is 1. The Labute approximate surface area is 215 Å². The summed E-state index contributed by atoms with van der Waals surface area (Å²) in [7, 11) is 0. The number of nitrogens with zero attached hydrogens (tertiary/aromatic N) is 2. The quantitative estimate of drug-likeness (QED) is 0.292. The molecule has 2 N–H and O–H groups in total. The lowest BCUT2D eigenvalue weighted by Gasteiger charge is -2.28. The number of hydrogen-bond acceptors (Lipinski definition) is 2. The molecule has 3 amide bonds. The van der Waals surface area contributed by atoms with E-state index in [0.717, 1.165) is 30.3 Å². The lowest BCUT2D eigenvalue weighted by Crippen LogP contribution is -2.45. The van der Waals surface area contributed by atoms with Crippen LogP contribution in [0.15, 0.2) is 85.1 Å². The Morgan fingerprint density at radius 2 is 1.67 bits per heavy atom. The fourth-order valence-electron chi connectivity index (χ4n) is 4.42. The zero-order chi connectivity index (χ0) is 24.9. The number of rotatable bonds is 9. The number of urea groups is 1. The van der Waals surface area contributed by atoms with E-state index in [4.69, 9.17) is 11.6 Å². The molecule has 1 aromatic heterocycles. The van der Waals surface area contributed by atoms with Gasteiger partial charge in [0, 0.05) is 46.9 Å². The summed E-state index contributed by atoms with van der Waals surface area (Å²) in [5, 5.41) is 4.69. The minimum absolute atomic E-state index is 0.0464. The van der Waals surface area contributed by atoms with Gasteiger partial charge >= 0.3 is 6.03 Å². The van der Waals surface area contributed by atoms with Gasteiger partial charge in [-0.15, -0.1) is 0 Å². The van der Waals surface area contributed by atoms with Crippen LogP contribution in [0.5, 0.6) is 0 Å². The van der Waals surface area contributed by atoms with Gasteiger partial charge in [-0.25, -0.2) is 4.79 Å². The van der Waals surface area contributed by atoms with Gasteiger partial charge in [0.1, 0.15) is 6.54 Å². The number of benzene rings is 3. The highest BCUT2D eigenvalue weighted by molar-refractivity contribution is 6.30. The van der Waals surface area contributed by atoms with Crippen LogP contribution in [0.3, 0.4) is 0 Å². The van der Waals surface area contributed by atoms with E-state index >= 15 is 0 Å². The second-order valence-corrected chi connectivity index (χ2v) is 9.64. The topological polar surface area (TPSA) is 68.4 Å². The molecule has 7 heteroatoms. The first-order valence-electron chi connectivity index (χ1n) is 12.3. The molecule has 0 spiro atoms. The molecular formula is C29H29ClN4O2. The van der Waals surface area contributed by atoms with Gasteiger partial charge in [0.25, 0.3) is 0 Å². The summed E-state index contributed by atoms with van der Waals surface area (Å²) in [6, 6.07) is 25.0. The number of hydrogen-bond donors (Lipinski definition) is 2. The zero-order valence-corrected chi connectivity index (χ0v) is 20.7. The Bertz CT molecular complexity index is 1330. The lowest BCUT2D eigenvalue weighted by molar-refractivity contribution is -0.132. The molecule has 3 aromatic carbocycles. The summed E-state index contributed by atoms with van der Waals surface area (Å²) in [6.07, 6.45) is 4.57. The monoisotopic (exact) mass is 500 g/mol. The van der Waals surface area contributed by atoms with Crippen molar-refractivity contribution in [2.45, 2.75) is 31.8 Å². The van der Waals surface area contributed by atoms with Crippen LogP contribution in [0.25, 0.3) is 10.9 Å². The van der Waals surface area contributed by atoms with Gasteiger partial charge in [-0.3, -0.25) is 4.79 Å². The van der Waals surface area contributed by atoms with E-state index in [1.165, 1.54) is 10.9 Å². The van der Waals surface area contributed by atoms with E-state index in [0.29, 0.717) is 23.8 Å². The normalized spacial score (nSPS) is 12.9. The number of amides is 3. The standard InChI is InChI=1S/C29H29ClN4O2/c30-23-10-12-24(13-11-23)32-29(36)34(25-14-15-25)20-28(35)33(19-21-6-2-1-3-7-21)17-16-22-18-31-27-9-5-4-8-26(22)27/h1-13,18,25,31H,14-17,19-20H2,(H,32,36). The van der Waals surface area contributed by atoms with Crippen molar-refractivity contribution >= 4 is 40.1 Å². The van der Waals surface area contributed by atoms with E-state index in [1.807, 2.05) is 53.6 Å². The van der Waals surface area contributed by atoms with Gasteiger partial charge in [-0.05, 0) is 60.7 Å². The molecule has 0 saturated heterocycles. The van der Waals surface area contributed by atoms with Crippen molar-refractivity contribution in [1.82, 2.24) is 14.8 Å². The Hall–Kier alpha value is -3.77. The minimum atomic E-state index is -0.260. The van der Waals surface area contributed by atoms with Crippen LogP contribution in [0.2, 0.25) is 5.02 Å². The Morgan fingerprint density at radius 3 is 2.42 bits per heavy atom. The Balaban J connectivity index is 1.30. The average molecular weight is 501 g/mol. The number of halogens is 1. The largest absolute Gasteiger partial charge is 0.361 e. The number of anilines is 1. The average Bonchev–Trinajstić information content (AvgIpc) is 3.66. The number of aromatic nitrogens is 1. The summed E-state index contributed by atoms with van der Waals surface area (Å²) in [4.78, 5) is 33.5. The van der Waals surface area contributed by atoms with Crippen molar-refractivity contribution in [3.8, 4) is 0 Å². The van der Waals surface area contributed by atoms with Crippen LogP contribution in [0.1, 0.15) is 24.0 Å². The third-order valence-corrected chi connectivity index (χ3v) is 6.80. The predicted octanol–water partition coefficient (Wildman–Crippen LogP) is 6.09. The van der Waals surface area contributed by atoms with Crippen LogP contribution in [-0.2, 0) is 17.8 Å². The lowest BCUT2D eigenvalue weighted by atomic mass is 10.1. The van der Waals surface area contributed by atoms with Crippen molar-refractivity contribution in [2.75, 3.05) is 18.4 Å². The van der Waals surface area contributed by atoms with Crippen molar-refractivity contribution in [1.29, 1.82) is 0 Å². The summed E-state index contributed by atoms with van der Waals surface area (Å²) in [6.45, 7) is 1.11. The van der Waals surface area contributed by atoms with Crippen LogP contribution >= 0.6 is 11.6 Å². The number of fused-ring (bicyclic) bond motifs is 1. The highest BCUT2D eigenvalue weighted by Crippen LogP contribution is 2.28. The van der Waals surface area contributed by atoms with Crippen LogP contribution in [0.4, 0.5) is 10.5 Å². The molecule has 0 unspecified atom stereocenters. The molecule has 0 bridgehead atoms. The molecule has 1 aliphatic carbocycles.